The molecule has 0 saturated carbocycles. The maximum absolute atomic E-state index is 9.13. The fraction of sp³-hybridized carbons (Fsp3) is 0.0526. The van der Waals surface area contributed by atoms with Crippen molar-refractivity contribution < 1.29 is 5.11 Å². The highest BCUT2D eigenvalue weighted by molar-refractivity contribution is 5.65. The van der Waals surface area contributed by atoms with Crippen LogP contribution in [0.1, 0.15) is 5.56 Å². The van der Waals surface area contributed by atoms with E-state index in [9.17, 15) is 0 Å². The van der Waals surface area contributed by atoms with E-state index in [0.29, 0.717) is 0 Å². The first kappa shape index (κ1) is 14.7. The van der Waals surface area contributed by atoms with E-state index < -0.39 is 0 Å². The van der Waals surface area contributed by atoms with E-state index >= 15 is 0 Å². The zero-order valence-corrected chi connectivity index (χ0v) is 12.0. The number of hydrogen-bond donors (Lipinski definition) is 2. The van der Waals surface area contributed by atoms with Crippen LogP contribution in [0.15, 0.2) is 78.9 Å². The van der Waals surface area contributed by atoms with E-state index in [1.807, 2.05) is 54.6 Å². The standard InChI is InChI=1S/C12H11NO.C7H8/c13-11-5-1-9(2-6-11)10-3-7-12(14)8-4-10;1-7-5-3-2-4-6-7/h1-8,14H,13H2;2-6H,1H3. The number of aromatic hydroxyl groups is 1. The second-order valence-corrected chi connectivity index (χ2v) is 4.82. The Hall–Kier alpha value is -2.74. The number of rotatable bonds is 1. The van der Waals surface area contributed by atoms with E-state index in [-0.39, 0.29) is 5.75 Å². The van der Waals surface area contributed by atoms with Crippen LogP contribution in [0.3, 0.4) is 0 Å². The lowest BCUT2D eigenvalue weighted by molar-refractivity contribution is 0.475. The molecular formula is C19H19NO. The maximum Gasteiger partial charge on any atom is 0.115 e. The van der Waals surface area contributed by atoms with Gasteiger partial charge >= 0.3 is 0 Å². The smallest absolute Gasteiger partial charge is 0.115 e. The molecular weight excluding hydrogens is 258 g/mol. The zero-order valence-electron chi connectivity index (χ0n) is 12.0. The maximum atomic E-state index is 9.13. The van der Waals surface area contributed by atoms with Crippen LogP contribution in [-0.2, 0) is 0 Å². The second kappa shape index (κ2) is 7.15. The highest BCUT2D eigenvalue weighted by Crippen LogP contribution is 2.22. The summed E-state index contributed by atoms with van der Waals surface area (Å²) in [6.45, 7) is 2.08. The van der Waals surface area contributed by atoms with Gasteiger partial charge in [0.1, 0.15) is 5.75 Å². The van der Waals surface area contributed by atoms with Crippen molar-refractivity contribution in [2.24, 2.45) is 0 Å². The molecule has 0 amide bonds. The van der Waals surface area contributed by atoms with Gasteiger partial charge in [0.2, 0.25) is 0 Å². The van der Waals surface area contributed by atoms with Crippen LogP contribution < -0.4 is 5.73 Å². The average Bonchev–Trinajstić information content (AvgIpc) is 2.50. The van der Waals surface area contributed by atoms with Crippen LogP contribution >= 0.6 is 0 Å². The SMILES string of the molecule is Cc1ccccc1.Nc1ccc(-c2ccc(O)cc2)cc1. The first-order chi connectivity index (χ1) is 10.1. The van der Waals surface area contributed by atoms with Crippen molar-refractivity contribution in [1.82, 2.24) is 0 Å². The molecule has 0 aliphatic heterocycles. The van der Waals surface area contributed by atoms with Crippen molar-refractivity contribution in [3.8, 4) is 16.9 Å². The van der Waals surface area contributed by atoms with Crippen LogP contribution in [0.4, 0.5) is 5.69 Å². The minimum Gasteiger partial charge on any atom is -0.508 e. The van der Waals surface area contributed by atoms with Gasteiger partial charge in [-0.2, -0.15) is 0 Å². The molecule has 3 aromatic rings. The third-order valence-electron chi connectivity index (χ3n) is 3.05. The average molecular weight is 277 g/mol. The number of aryl methyl sites for hydroxylation is 1. The zero-order chi connectivity index (χ0) is 15.1. The molecule has 21 heavy (non-hydrogen) atoms. The molecule has 2 nitrogen and oxygen atoms in total. The van der Waals surface area contributed by atoms with Gasteiger partial charge in [-0.3, -0.25) is 0 Å². The summed E-state index contributed by atoms with van der Waals surface area (Å²) in [7, 11) is 0. The summed E-state index contributed by atoms with van der Waals surface area (Å²) in [5.41, 5.74) is 9.84. The quantitative estimate of drug-likeness (QED) is 0.637. The Morgan fingerprint density at radius 2 is 1.14 bits per heavy atom. The van der Waals surface area contributed by atoms with E-state index in [1.165, 1.54) is 5.56 Å². The second-order valence-electron chi connectivity index (χ2n) is 4.82. The topological polar surface area (TPSA) is 46.2 Å². The molecule has 0 bridgehead atoms. The Labute approximate surface area is 125 Å². The van der Waals surface area contributed by atoms with Gasteiger partial charge in [0.15, 0.2) is 0 Å². The molecule has 0 saturated heterocycles. The molecule has 0 heterocycles. The van der Waals surface area contributed by atoms with Crippen molar-refractivity contribution in [2.75, 3.05) is 5.73 Å². The first-order valence-electron chi connectivity index (χ1n) is 6.82. The Morgan fingerprint density at radius 1 is 0.667 bits per heavy atom. The van der Waals surface area contributed by atoms with E-state index in [1.54, 1.807) is 12.1 Å². The van der Waals surface area contributed by atoms with Gasteiger partial charge in [0.05, 0.1) is 0 Å². The molecule has 3 N–H and O–H groups in total. The molecule has 2 heteroatoms. The van der Waals surface area contributed by atoms with E-state index in [2.05, 4.69) is 19.1 Å². The summed E-state index contributed by atoms with van der Waals surface area (Å²) < 4.78 is 0. The molecule has 0 fully saturated rings. The Kier molecular flexibility index (Phi) is 4.99. The largest absolute Gasteiger partial charge is 0.508 e. The molecule has 3 aromatic carbocycles. The molecule has 0 unspecified atom stereocenters. The first-order valence-corrected chi connectivity index (χ1v) is 6.82. The number of nitrogens with two attached hydrogens (primary N) is 1. The Balaban J connectivity index is 0.000000194. The van der Waals surface area contributed by atoms with Crippen LogP contribution in [-0.4, -0.2) is 5.11 Å². The summed E-state index contributed by atoms with van der Waals surface area (Å²) >= 11 is 0. The molecule has 0 aliphatic rings. The predicted octanol–water partition coefficient (Wildman–Crippen LogP) is 4.64. The Morgan fingerprint density at radius 3 is 1.57 bits per heavy atom. The molecule has 0 radical (unpaired) electrons. The van der Waals surface area contributed by atoms with Crippen molar-refractivity contribution in [3.63, 3.8) is 0 Å². The van der Waals surface area contributed by atoms with Crippen molar-refractivity contribution in [1.29, 1.82) is 0 Å². The molecule has 0 aliphatic carbocycles. The van der Waals surface area contributed by atoms with Crippen LogP contribution in [0.5, 0.6) is 5.75 Å². The number of anilines is 1. The summed E-state index contributed by atoms with van der Waals surface area (Å²) in [5.74, 6) is 0.282. The third-order valence-corrected chi connectivity index (χ3v) is 3.05. The van der Waals surface area contributed by atoms with Gasteiger partial charge in [-0.05, 0) is 42.3 Å². The minimum atomic E-state index is 0.282. The van der Waals surface area contributed by atoms with Gasteiger partial charge in [-0.1, -0.05) is 60.2 Å². The van der Waals surface area contributed by atoms with Crippen LogP contribution in [0, 0.1) is 6.92 Å². The van der Waals surface area contributed by atoms with E-state index in [0.717, 1.165) is 16.8 Å². The highest BCUT2D eigenvalue weighted by atomic mass is 16.3. The predicted molar refractivity (Wildman–Crippen MR) is 89.1 cm³/mol. The van der Waals surface area contributed by atoms with Crippen molar-refractivity contribution in [2.45, 2.75) is 6.92 Å². The van der Waals surface area contributed by atoms with E-state index in [4.69, 9.17) is 10.8 Å². The molecule has 0 spiro atoms. The number of benzene rings is 3. The van der Waals surface area contributed by atoms with Gasteiger partial charge in [-0.25, -0.2) is 0 Å². The van der Waals surface area contributed by atoms with Crippen molar-refractivity contribution in [3.05, 3.63) is 84.4 Å². The fourth-order valence-corrected chi connectivity index (χ4v) is 1.86. The molecule has 0 atom stereocenters. The number of nitrogen functional groups attached to an aromatic ring is 1. The monoisotopic (exact) mass is 277 g/mol. The summed E-state index contributed by atoms with van der Waals surface area (Å²) in [6, 6.07) is 25.0. The molecule has 106 valence electrons. The van der Waals surface area contributed by atoms with Crippen LogP contribution in [0.2, 0.25) is 0 Å². The van der Waals surface area contributed by atoms with Gasteiger partial charge in [0.25, 0.3) is 0 Å². The number of hydrogen-bond acceptors (Lipinski definition) is 2. The summed E-state index contributed by atoms with van der Waals surface area (Å²) in [6.07, 6.45) is 0. The van der Waals surface area contributed by atoms with Gasteiger partial charge in [0, 0.05) is 5.69 Å². The van der Waals surface area contributed by atoms with Gasteiger partial charge in [-0.15, -0.1) is 0 Å². The van der Waals surface area contributed by atoms with Crippen LogP contribution in [0.25, 0.3) is 11.1 Å². The molecule has 3 rings (SSSR count). The highest BCUT2D eigenvalue weighted by Gasteiger charge is 1.96. The minimum absolute atomic E-state index is 0.282. The fourth-order valence-electron chi connectivity index (χ4n) is 1.86. The third kappa shape index (κ3) is 4.69. The Bertz CT molecular complexity index is 615. The summed E-state index contributed by atoms with van der Waals surface area (Å²) in [4.78, 5) is 0. The molecule has 0 aromatic heterocycles. The lowest BCUT2D eigenvalue weighted by Gasteiger charge is -2.01. The van der Waals surface area contributed by atoms with Gasteiger partial charge < -0.3 is 10.8 Å². The summed E-state index contributed by atoms with van der Waals surface area (Å²) in [5, 5.41) is 9.13. The lowest BCUT2D eigenvalue weighted by atomic mass is 10.1. The number of phenols is 1. The lowest BCUT2D eigenvalue weighted by Crippen LogP contribution is -1.83. The number of phenolic OH excluding ortho intramolecular Hbond substituents is 1. The van der Waals surface area contributed by atoms with Crippen molar-refractivity contribution >= 4 is 5.69 Å². The normalized spacial score (nSPS) is 9.57.